The van der Waals surface area contributed by atoms with Crippen LogP contribution in [-0.4, -0.2) is 38.4 Å². The van der Waals surface area contributed by atoms with Gasteiger partial charge in [0.2, 0.25) is 0 Å². The number of thiazole rings is 1. The van der Waals surface area contributed by atoms with E-state index in [1.54, 1.807) is 13.0 Å². The summed E-state index contributed by atoms with van der Waals surface area (Å²) in [4.78, 5) is 27.3. The van der Waals surface area contributed by atoms with E-state index < -0.39 is 17.3 Å². The van der Waals surface area contributed by atoms with Crippen molar-refractivity contribution in [1.29, 1.82) is 0 Å². The molecule has 0 spiro atoms. The number of aliphatic carboxylic acids is 1. The van der Waals surface area contributed by atoms with E-state index in [2.05, 4.69) is 20.7 Å². The average Bonchev–Trinajstić information content (AvgIpc) is 3.20. The van der Waals surface area contributed by atoms with Crippen LogP contribution in [0.1, 0.15) is 20.8 Å². The summed E-state index contributed by atoms with van der Waals surface area (Å²) < 4.78 is 16.4. The summed E-state index contributed by atoms with van der Waals surface area (Å²) in [6.07, 6.45) is 2.90. The largest absolute Gasteiger partial charge is 0.479 e. The van der Waals surface area contributed by atoms with Crippen molar-refractivity contribution >= 4 is 38.7 Å². The minimum absolute atomic E-state index is 0.254. The quantitative estimate of drug-likeness (QED) is 0.618. The van der Waals surface area contributed by atoms with E-state index in [1.165, 1.54) is 37.0 Å². The third-order valence-corrected chi connectivity index (χ3v) is 4.96. The summed E-state index contributed by atoms with van der Waals surface area (Å²) >= 11 is 1.16. The predicted molar refractivity (Wildman–Crippen MR) is 100 cm³/mol. The molecular weight excluding hydrogens is 373 g/mol. The van der Waals surface area contributed by atoms with Gasteiger partial charge in [-0.1, -0.05) is 11.3 Å². The van der Waals surface area contributed by atoms with Crippen LogP contribution < -0.4 is 10.6 Å². The number of nitrogens with one attached hydrogen (secondary N) is 2. The van der Waals surface area contributed by atoms with Gasteiger partial charge in [0.1, 0.15) is 5.82 Å². The number of urea groups is 1. The third kappa shape index (κ3) is 3.61. The number of halogens is 1. The predicted octanol–water partition coefficient (Wildman–Crippen LogP) is 3.26. The van der Waals surface area contributed by atoms with Gasteiger partial charge in [0.15, 0.2) is 10.7 Å². The average molecular weight is 391 g/mol. The van der Waals surface area contributed by atoms with Gasteiger partial charge in [-0.3, -0.25) is 10.00 Å². The topological polar surface area (TPSA) is 109 Å². The Labute approximate surface area is 158 Å². The van der Waals surface area contributed by atoms with Gasteiger partial charge in [-0.25, -0.2) is 19.0 Å². The van der Waals surface area contributed by atoms with Crippen LogP contribution >= 0.6 is 11.3 Å². The van der Waals surface area contributed by atoms with Crippen molar-refractivity contribution in [2.75, 3.05) is 11.9 Å². The lowest BCUT2D eigenvalue weighted by Crippen LogP contribution is -2.35. The fourth-order valence-electron chi connectivity index (χ4n) is 2.39. The molecule has 142 valence electrons. The molecule has 0 unspecified atom stereocenters. The molecule has 0 radical (unpaired) electrons. The minimum atomic E-state index is -1.26. The molecule has 0 bridgehead atoms. The van der Waals surface area contributed by atoms with Crippen molar-refractivity contribution in [1.82, 2.24) is 20.1 Å². The van der Waals surface area contributed by atoms with E-state index in [0.29, 0.717) is 27.5 Å². The summed E-state index contributed by atoms with van der Waals surface area (Å²) in [7, 11) is 0. The first-order chi connectivity index (χ1) is 12.7. The molecule has 2 heterocycles. The second-order valence-electron chi connectivity index (χ2n) is 6.34. The molecule has 0 saturated carbocycles. The number of rotatable bonds is 5. The first-order valence-corrected chi connectivity index (χ1v) is 8.98. The van der Waals surface area contributed by atoms with Crippen LogP contribution in [0, 0.1) is 5.82 Å². The molecular formula is C17H18FN5O3S. The van der Waals surface area contributed by atoms with Gasteiger partial charge in [-0.15, -0.1) is 0 Å². The van der Waals surface area contributed by atoms with Gasteiger partial charge in [0.25, 0.3) is 0 Å². The van der Waals surface area contributed by atoms with Crippen LogP contribution in [0.4, 0.5) is 14.3 Å². The fourth-order valence-corrected chi connectivity index (χ4v) is 3.26. The lowest BCUT2D eigenvalue weighted by molar-refractivity contribution is -0.146. The van der Waals surface area contributed by atoms with Crippen molar-refractivity contribution in [3.63, 3.8) is 0 Å². The molecule has 2 amide bonds. The molecule has 0 aliphatic heterocycles. The Balaban J connectivity index is 1.96. The van der Waals surface area contributed by atoms with Crippen molar-refractivity contribution < 1.29 is 19.1 Å². The number of carboxylic acids is 1. The van der Waals surface area contributed by atoms with E-state index in [0.717, 1.165) is 11.3 Å². The highest BCUT2D eigenvalue weighted by molar-refractivity contribution is 7.22. The van der Waals surface area contributed by atoms with Crippen LogP contribution in [0.5, 0.6) is 0 Å². The molecule has 0 fully saturated rings. The number of hydrogen-bond donors (Lipinski definition) is 3. The number of aromatic nitrogens is 3. The van der Waals surface area contributed by atoms with Crippen LogP contribution in [0.25, 0.3) is 21.3 Å². The smallest absolute Gasteiger partial charge is 0.331 e. The Morgan fingerprint density at radius 2 is 2.11 bits per heavy atom. The molecule has 3 N–H and O–H groups in total. The Bertz CT molecular complexity index is 1030. The van der Waals surface area contributed by atoms with Gasteiger partial charge in [0.05, 0.1) is 16.4 Å². The van der Waals surface area contributed by atoms with Gasteiger partial charge in [0, 0.05) is 23.9 Å². The van der Waals surface area contributed by atoms with E-state index in [9.17, 15) is 19.1 Å². The molecule has 27 heavy (non-hydrogen) atoms. The lowest BCUT2D eigenvalue weighted by Gasteiger charge is -2.19. The maximum absolute atomic E-state index is 14.6. The van der Waals surface area contributed by atoms with Crippen molar-refractivity contribution in [2.45, 2.75) is 26.3 Å². The van der Waals surface area contributed by atoms with Gasteiger partial charge in [-0.2, -0.15) is 5.10 Å². The van der Waals surface area contributed by atoms with E-state index in [4.69, 9.17) is 0 Å². The number of hydrogen-bond acceptors (Lipinski definition) is 5. The number of carboxylic acid groups (broad SMARTS) is 1. The number of fused-ring (bicyclic) bond motifs is 1. The molecule has 8 nitrogen and oxygen atoms in total. The summed E-state index contributed by atoms with van der Waals surface area (Å²) in [5.74, 6) is -1.53. The molecule has 0 saturated heterocycles. The van der Waals surface area contributed by atoms with E-state index in [1.807, 2.05) is 0 Å². The van der Waals surface area contributed by atoms with E-state index in [-0.39, 0.29) is 11.6 Å². The first-order valence-electron chi connectivity index (χ1n) is 8.16. The molecule has 2 aromatic heterocycles. The highest BCUT2D eigenvalue weighted by atomic mass is 32.1. The summed E-state index contributed by atoms with van der Waals surface area (Å²) in [6.45, 7) is 5.29. The minimum Gasteiger partial charge on any atom is -0.479 e. The molecule has 1 aromatic carbocycles. The number of carbonyl (C=O) groups excluding carboxylic acids is 1. The molecule has 3 aromatic rings. The molecule has 0 atom stereocenters. The maximum atomic E-state index is 14.6. The molecule has 0 aliphatic rings. The highest BCUT2D eigenvalue weighted by Gasteiger charge is 2.30. The second-order valence-corrected chi connectivity index (χ2v) is 7.37. The van der Waals surface area contributed by atoms with Crippen molar-refractivity contribution in [3.8, 4) is 11.1 Å². The van der Waals surface area contributed by atoms with E-state index >= 15 is 0 Å². The second kappa shape index (κ2) is 6.95. The standard InChI is InChI=1S/C17H18FN5O3S/c1-4-19-15(26)22-16-21-12-5-10(11(18)6-13(12)27-16)9-7-20-23(8-9)17(2,3)14(24)25/h5-8H,4H2,1-3H3,(H,24,25)(H2,19,21,22,26). The van der Waals surface area contributed by atoms with Crippen LogP contribution in [-0.2, 0) is 10.3 Å². The number of nitrogens with zero attached hydrogens (tertiary/aromatic N) is 3. The molecule has 0 aliphatic carbocycles. The van der Waals surface area contributed by atoms with Crippen LogP contribution in [0.15, 0.2) is 24.5 Å². The monoisotopic (exact) mass is 391 g/mol. The van der Waals surface area contributed by atoms with Gasteiger partial charge >= 0.3 is 12.0 Å². The van der Waals surface area contributed by atoms with Crippen molar-refractivity contribution in [2.24, 2.45) is 0 Å². The van der Waals surface area contributed by atoms with Gasteiger partial charge < -0.3 is 10.4 Å². The highest BCUT2D eigenvalue weighted by Crippen LogP contribution is 2.33. The summed E-state index contributed by atoms with van der Waals surface area (Å²) in [5.41, 5.74) is -0.0448. The zero-order valence-electron chi connectivity index (χ0n) is 14.9. The lowest BCUT2D eigenvalue weighted by atomic mass is 10.1. The number of amides is 2. The normalized spacial score (nSPS) is 11.6. The van der Waals surface area contributed by atoms with Crippen LogP contribution in [0.3, 0.4) is 0 Å². The Kier molecular flexibility index (Phi) is 4.83. The SMILES string of the molecule is CCNC(=O)Nc1nc2cc(-c3cnn(C(C)(C)C(=O)O)c3)c(F)cc2s1. The molecule has 10 heteroatoms. The summed E-state index contributed by atoms with van der Waals surface area (Å²) in [6, 6.07) is 2.51. The number of benzene rings is 1. The Morgan fingerprint density at radius 3 is 2.78 bits per heavy atom. The summed E-state index contributed by atoms with van der Waals surface area (Å²) in [5, 5.41) is 18.9. The zero-order chi connectivity index (χ0) is 19.8. The maximum Gasteiger partial charge on any atom is 0.331 e. The zero-order valence-corrected chi connectivity index (χ0v) is 15.7. The van der Waals surface area contributed by atoms with Crippen LogP contribution in [0.2, 0.25) is 0 Å². The first kappa shape index (κ1) is 18.8. The third-order valence-electron chi connectivity index (χ3n) is 4.02. The molecule has 3 rings (SSSR count). The van der Waals surface area contributed by atoms with Gasteiger partial charge in [-0.05, 0) is 32.9 Å². The Morgan fingerprint density at radius 1 is 1.37 bits per heavy atom. The van der Waals surface area contributed by atoms with Crippen molar-refractivity contribution in [3.05, 3.63) is 30.3 Å². The number of anilines is 1. The Hall–Kier alpha value is -3.01. The number of carbonyl (C=O) groups is 2. The fraction of sp³-hybridized carbons (Fsp3) is 0.294.